The van der Waals surface area contributed by atoms with Crippen LogP contribution in [0.15, 0.2) is 109 Å². The molecule has 8 N–H and O–H groups in total. The number of carboxylic acids is 4. The molecule has 16 heteroatoms. The van der Waals surface area contributed by atoms with Crippen molar-refractivity contribution in [3.63, 3.8) is 0 Å². The van der Waals surface area contributed by atoms with Crippen molar-refractivity contribution in [2.45, 2.75) is 36.3 Å². The number of hydrogen-bond acceptors (Lipinski definition) is 12. The van der Waals surface area contributed by atoms with E-state index in [2.05, 4.69) is 0 Å². The Morgan fingerprint density at radius 2 is 0.519 bits per heavy atom. The highest BCUT2D eigenvalue weighted by Crippen LogP contribution is 2.33. The second kappa shape index (κ2) is 15.9. The molecular weight excluding hydrogens is 712 g/mol. The van der Waals surface area contributed by atoms with E-state index in [1.807, 2.05) is 0 Å². The molecule has 54 heavy (non-hydrogen) atoms. The predicted molar refractivity (Wildman–Crippen MR) is 183 cm³/mol. The minimum atomic E-state index is -3.96. The zero-order chi connectivity index (χ0) is 40.8. The number of Topliss-reactive ketones (excluding diaryl/α,β-unsaturated/α-hetero) is 4. The van der Waals surface area contributed by atoms with Crippen molar-refractivity contribution < 1.29 is 79.2 Å². The van der Waals surface area contributed by atoms with Crippen molar-refractivity contribution in [2.24, 2.45) is 0 Å². The molecule has 0 heterocycles. The Morgan fingerprint density at radius 3 is 0.704 bits per heavy atom. The Labute approximate surface area is 304 Å². The molecular formula is C38H32O16. The van der Waals surface area contributed by atoms with Gasteiger partial charge >= 0.3 is 23.9 Å². The fourth-order valence-electron chi connectivity index (χ4n) is 5.09. The highest BCUT2D eigenvalue weighted by molar-refractivity contribution is 6.29. The molecule has 4 rings (SSSR count). The van der Waals surface area contributed by atoms with Crippen LogP contribution < -0.4 is 0 Å². The summed E-state index contributed by atoms with van der Waals surface area (Å²) < 4.78 is 0. The van der Waals surface area contributed by atoms with Gasteiger partial charge in [-0.15, -0.1) is 0 Å². The second-order valence-electron chi connectivity index (χ2n) is 11.8. The van der Waals surface area contributed by atoms with Gasteiger partial charge in [-0.05, 0) is 13.8 Å². The molecule has 0 bridgehead atoms. The van der Waals surface area contributed by atoms with Crippen molar-refractivity contribution in [3.05, 3.63) is 143 Å². The molecule has 0 aromatic heterocycles. The number of aliphatic hydroxyl groups is 4. The first kappa shape index (κ1) is 41.7. The molecule has 0 aliphatic rings. The fourth-order valence-corrected chi connectivity index (χ4v) is 5.09. The van der Waals surface area contributed by atoms with E-state index >= 15 is 0 Å². The minimum absolute atomic E-state index is 0.383. The number of aryl methyl sites for hydroxylation is 2. The zero-order valence-corrected chi connectivity index (χ0v) is 28.2. The smallest absolute Gasteiger partial charge is 0.348 e. The van der Waals surface area contributed by atoms with Crippen LogP contribution >= 0.6 is 0 Å². The van der Waals surface area contributed by atoms with E-state index < -0.39 is 80.5 Å². The van der Waals surface area contributed by atoms with Crippen LogP contribution in [0.3, 0.4) is 0 Å². The molecule has 16 nitrogen and oxygen atoms in total. The summed E-state index contributed by atoms with van der Waals surface area (Å²) in [5, 5.41) is 80.2. The summed E-state index contributed by atoms with van der Waals surface area (Å²) in [5.74, 6) is -16.0. The molecule has 0 saturated carbocycles. The summed E-state index contributed by atoms with van der Waals surface area (Å²) in [6, 6.07) is 23.2. The first-order chi connectivity index (χ1) is 25.1. The van der Waals surface area contributed by atoms with Crippen LogP contribution in [-0.2, 0) is 19.2 Å². The molecule has 4 atom stereocenters. The van der Waals surface area contributed by atoms with E-state index in [0.29, 0.717) is 11.1 Å². The van der Waals surface area contributed by atoms with E-state index in [1.165, 1.54) is 60.7 Å². The first-order valence-electron chi connectivity index (χ1n) is 15.4. The molecule has 0 aliphatic carbocycles. The molecule has 4 aromatic rings. The van der Waals surface area contributed by atoms with Gasteiger partial charge in [-0.2, -0.15) is 0 Å². The van der Waals surface area contributed by atoms with E-state index in [9.17, 15) is 79.2 Å². The number of carbonyl (C=O) groups excluding carboxylic acids is 4. The van der Waals surface area contributed by atoms with Crippen molar-refractivity contribution in [3.8, 4) is 0 Å². The lowest BCUT2D eigenvalue weighted by atomic mass is 9.73. The Hall–Kier alpha value is -6.72. The summed E-state index contributed by atoms with van der Waals surface area (Å²) in [6.45, 7) is 3.37. The minimum Gasteiger partial charge on any atom is -0.479 e. The largest absolute Gasteiger partial charge is 0.479 e. The van der Waals surface area contributed by atoms with Crippen LogP contribution in [0.25, 0.3) is 0 Å². The van der Waals surface area contributed by atoms with E-state index in [-0.39, 0.29) is 11.1 Å². The molecule has 0 fully saturated rings. The van der Waals surface area contributed by atoms with Crippen LogP contribution in [0.4, 0.5) is 0 Å². The van der Waals surface area contributed by atoms with Gasteiger partial charge in [0.05, 0.1) is 0 Å². The number of aliphatic carboxylic acids is 4. The Kier molecular flexibility index (Phi) is 12.3. The number of hydrogen-bond donors (Lipinski definition) is 8. The lowest BCUT2D eigenvalue weighted by Crippen LogP contribution is -2.71. The van der Waals surface area contributed by atoms with Crippen LogP contribution in [0, 0.1) is 13.8 Å². The average molecular weight is 745 g/mol. The maximum atomic E-state index is 12.8. The number of rotatable bonds is 14. The van der Waals surface area contributed by atoms with Crippen molar-refractivity contribution >= 4 is 47.0 Å². The summed E-state index contributed by atoms with van der Waals surface area (Å²) in [7, 11) is 0. The van der Waals surface area contributed by atoms with Crippen LogP contribution in [0.1, 0.15) is 52.6 Å². The predicted octanol–water partition coefficient (Wildman–Crippen LogP) is 1.38. The summed E-state index contributed by atoms with van der Waals surface area (Å²) in [5.41, 5.74) is -16.0. The van der Waals surface area contributed by atoms with E-state index in [4.69, 9.17) is 0 Å². The van der Waals surface area contributed by atoms with E-state index in [1.54, 1.807) is 13.8 Å². The Bertz CT molecular complexity index is 1960. The second-order valence-corrected chi connectivity index (χ2v) is 11.8. The van der Waals surface area contributed by atoms with Gasteiger partial charge in [-0.25, -0.2) is 19.2 Å². The number of ketones is 4. The number of carbonyl (C=O) groups is 8. The zero-order valence-electron chi connectivity index (χ0n) is 28.2. The van der Waals surface area contributed by atoms with Gasteiger partial charge in [0, 0.05) is 22.3 Å². The highest BCUT2D eigenvalue weighted by Gasteiger charge is 2.71. The summed E-state index contributed by atoms with van der Waals surface area (Å²) in [6.07, 6.45) is 0. The van der Waals surface area contributed by atoms with Gasteiger partial charge in [0.25, 0.3) is 22.4 Å². The SMILES string of the molecule is Cc1ccc(C(=O)C(O)(C(=O)O)C(O)(C(=O)O)C(=O)c2ccc(C)cc2)cc1.O=C(O)C(O)(C(=O)c1ccccc1)C(O)(C(=O)O)C(=O)c1ccccc1. The summed E-state index contributed by atoms with van der Waals surface area (Å²) in [4.78, 5) is 97.6. The van der Waals surface area contributed by atoms with Crippen LogP contribution in [-0.4, -0.2) is 110 Å². The van der Waals surface area contributed by atoms with Gasteiger partial charge in [0.15, 0.2) is 0 Å². The fraction of sp³-hybridized carbons (Fsp3) is 0.158. The molecule has 4 unspecified atom stereocenters. The third-order valence-corrected chi connectivity index (χ3v) is 8.30. The number of benzene rings is 4. The lowest BCUT2D eigenvalue weighted by Gasteiger charge is -2.34. The Morgan fingerprint density at radius 1 is 0.333 bits per heavy atom. The highest BCUT2D eigenvalue weighted by atomic mass is 16.5. The molecule has 0 radical (unpaired) electrons. The standard InChI is InChI=1S/C20H18O8.C18H14O8/c1-11-3-7-13(8-4-11)15(21)19(27,17(23)24)20(28,18(25)26)16(22)14-9-5-12(2)6-10-14;19-13(11-7-3-1-4-8-11)17(25,15(21)22)18(26,16(23)24)14(20)12-9-5-2-6-10-12/h3-10,27-28H,1-2H3,(H,23,24)(H,25,26);1-10,25-26H,(H,21,22)(H,23,24). The van der Waals surface area contributed by atoms with Crippen molar-refractivity contribution in [1.82, 2.24) is 0 Å². The quantitative estimate of drug-likeness (QED) is 0.0668. The number of carboxylic acid groups (broad SMARTS) is 4. The monoisotopic (exact) mass is 744 g/mol. The molecule has 4 aromatic carbocycles. The van der Waals surface area contributed by atoms with Crippen molar-refractivity contribution in [1.29, 1.82) is 0 Å². The normalized spacial score (nSPS) is 15.2. The third kappa shape index (κ3) is 7.17. The maximum absolute atomic E-state index is 12.8. The topological polar surface area (TPSA) is 298 Å². The third-order valence-electron chi connectivity index (χ3n) is 8.30. The van der Waals surface area contributed by atoms with Gasteiger partial charge < -0.3 is 40.9 Å². The van der Waals surface area contributed by atoms with Crippen LogP contribution in [0.5, 0.6) is 0 Å². The molecule has 0 amide bonds. The molecule has 0 aliphatic heterocycles. The average Bonchev–Trinajstić information content (AvgIpc) is 3.16. The maximum Gasteiger partial charge on any atom is 0.348 e. The molecule has 0 saturated heterocycles. The van der Waals surface area contributed by atoms with Gasteiger partial charge in [-0.1, -0.05) is 120 Å². The van der Waals surface area contributed by atoms with Gasteiger partial charge in [0.1, 0.15) is 0 Å². The van der Waals surface area contributed by atoms with Crippen LogP contribution in [0.2, 0.25) is 0 Å². The molecule has 0 spiro atoms. The lowest BCUT2D eigenvalue weighted by molar-refractivity contribution is -0.187. The first-order valence-corrected chi connectivity index (χ1v) is 15.4. The van der Waals surface area contributed by atoms with Crippen molar-refractivity contribution in [2.75, 3.05) is 0 Å². The van der Waals surface area contributed by atoms with Gasteiger partial charge in [-0.3, -0.25) is 19.2 Å². The van der Waals surface area contributed by atoms with E-state index in [0.717, 1.165) is 48.5 Å². The summed E-state index contributed by atoms with van der Waals surface area (Å²) >= 11 is 0. The van der Waals surface area contributed by atoms with Gasteiger partial charge in [0.2, 0.25) is 23.1 Å². The Balaban J connectivity index is 0.000000291. The molecule has 280 valence electrons.